The number of fused-ring (bicyclic) bond motifs is 2. The Kier molecular flexibility index (Phi) is 14.6. The van der Waals surface area contributed by atoms with Gasteiger partial charge >= 0.3 is 13.5 Å². The van der Waals surface area contributed by atoms with Gasteiger partial charge in [0.15, 0.2) is 0 Å². The predicted octanol–water partition coefficient (Wildman–Crippen LogP) is 7.27. The molecule has 3 amide bonds. The zero-order valence-electron chi connectivity index (χ0n) is 34.9. The van der Waals surface area contributed by atoms with Gasteiger partial charge in [0.1, 0.15) is 23.9 Å². The van der Waals surface area contributed by atoms with E-state index in [1.807, 2.05) is 37.3 Å². The molecule has 4 heterocycles. The fourth-order valence-corrected chi connectivity index (χ4v) is 11.5. The van der Waals surface area contributed by atoms with Gasteiger partial charge in [0.2, 0.25) is 17.7 Å². The minimum Gasteiger partial charge on any atom is -0.465 e. The van der Waals surface area contributed by atoms with Gasteiger partial charge in [0.05, 0.1) is 30.0 Å². The number of para-hydroxylation sites is 1. The average Bonchev–Trinajstić information content (AvgIpc) is 4.03. The van der Waals surface area contributed by atoms with Gasteiger partial charge in [-0.15, -0.1) is 11.3 Å². The van der Waals surface area contributed by atoms with E-state index >= 15 is 4.39 Å². The zero-order chi connectivity index (χ0) is 44.8. The topological polar surface area (TPSA) is 161 Å². The molecule has 18 heteroatoms. The average molecular weight is 907 g/mol. The van der Waals surface area contributed by atoms with E-state index in [2.05, 4.69) is 16.5 Å². The van der Waals surface area contributed by atoms with E-state index in [1.54, 1.807) is 29.2 Å². The first kappa shape index (κ1) is 45.7. The molecule has 3 aromatic carbocycles. The first-order valence-corrected chi connectivity index (χ1v) is 23.6. The minimum atomic E-state index is -4.53. The van der Waals surface area contributed by atoms with Crippen molar-refractivity contribution in [1.29, 1.82) is 5.26 Å². The maximum absolute atomic E-state index is 16.6. The third kappa shape index (κ3) is 10.4. The van der Waals surface area contributed by atoms with E-state index in [0.29, 0.717) is 42.3 Å². The van der Waals surface area contributed by atoms with E-state index < -0.39 is 74.3 Å². The third-order valence-corrected chi connectivity index (χ3v) is 15.0. The lowest BCUT2D eigenvalue weighted by Crippen LogP contribution is -2.61. The quantitative estimate of drug-likeness (QED) is 0.0918. The van der Waals surface area contributed by atoms with Crippen molar-refractivity contribution in [1.82, 2.24) is 25.1 Å². The molecule has 3 fully saturated rings. The van der Waals surface area contributed by atoms with E-state index in [0.717, 1.165) is 16.9 Å². The number of likely N-dealkylation sites (tertiary alicyclic amines) is 1. The Morgan fingerprint density at radius 1 is 0.968 bits per heavy atom. The standard InChI is InChI=1S/C45H50F3N6O7PS/c1-3-20-60-45(58)28(2)51-62(59,61-34-12-8-5-9-13-34)41(48)30-14-17-38-31(21-30)22-39(63-38)42(55)50-36-26-52(27-40(46)47)19-18-33-15-16-37(54(33)43(36)56)44(57)53-24-32(23-49)35(25-53)29-10-6-4-7-11-29/h4-14,17,21-22,28,32-33,35-37,40-41H,3,15-16,18-20,24-27H2,1-2H3,(H,50,55)(H,51,59)/t28-,32+,33+,35-,36-,37-,41?,62?/m0/s1. The smallest absolute Gasteiger partial charge is 0.355 e. The first-order valence-electron chi connectivity index (χ1n) is 21.1. The van der Waals surface area contributed by atoms with Gasteiger partial charge in [-0.05, 0) is 79.5 Å². The van der Waals surface area contributed by atoms with Gasteiger partial charge in [-0.1, -0.05) is 61.5 Å². The maximum Gasteiger partial charge on any atom is 0.355 e. The molecule has 0 aliphatic carbocycles. The van der Waals surface area contributed by atoms with Gasteiger partial charge in [-0.2, -0.15) is 5.26 Å². The highest BCUT2D eigenvalue weighted by molar-refractivity contribution is 7.57. The molecular formula is C45H50F3N6O7PS. The molecule has 0 bridgehead atoms. The van der Waals surface area contributed by atoms with Crippen LogP contribution >= 0.6 is 18.9 Å². The summed E-state index contributed by atoms with van der Waals surface area (Å²) in [4.78, 5) is 60.2. The number of hydrogen-bond donors (Lipinski definition) is 2. The fraction of sp³-hybridized carbons (Fsp3) is 0.444. The Morgan fingerprint density at radius 3 is 2.40 bits per heavy atom. The Bertz CT molecular complexity index is 2370. The van der Waals surface area contributed by atoms with Crippen LogP contribution in [0.5, 0.6) is 5.75 Å². The van der Waals surface area contributed by atoms with Crippen LogP contribution in [0, 0.1) is 17.2 Å². The molecular weight excluding hydrogens is 857 g/mol. The highest BCUT2D eigenvalue weighted by Crippen LogP contribution is 2.58. The highest BCUT2D eigenvalue weighted by Gasteiger charge is 2.48. The number of carbonyl (C=O) groups is 4. The second-order valence-corrected chi connectivity index (χ2v) is 19.4. The van der Waals surface area contributed by atoms with Gasteiger partial charge in [0, 0.05) is 42.8 Å². The van der Waals surface area contributed by atoms with Crippen molar-refractivity contribution in [3.8, 4) is 11.8 Å². The molecule has 3 aliphatic heterocycles. The molecule has 3 saturated heterocycles. The largest absolute Gasteiger partial charge is 0.465 e. The van der Waals surface area contributed by atoms with Crippen LogP contribution in [0.2, 0.25) is 0 Å². The molecule has 3 aliphatic rings. The van der Waals surface area contributed by atoms with Gasteiger partial charge in [-0.3, -0.25) is 28.6 Å². The van der Waals surface area contributed by atoms with Crippen LogP contribution < -0.4 is 14.9 Å². The lowest BCUT2D eigenvalue weighted by molar-refractivity contribution is -0.147. The SMILES string of the molecule is CCCOC(=O)[C@H](C)NP(=O)(Oc1ccccc1)C(F)c1ccc2sc(C(=O)N[C@H]3CN(CC(F)F)CC[C@H]4CC[C@@H](C(=O)N5C[C@@H](C#N)[C@H](c6ccccc6)C5)N4C3=O)cc2c1. The van der Waals surface area contributed by atoms with E-state index in [4.69, 9.17) is 9.26 Å². The normalized spacial score (nSPS) is 23.6. The molecule has 334 valence electrons. The first-order chi connectivity index (χ1) is 30.3. The number of hydrogen-bond acceptors (Lipinski definition) is 10. The van der Waals surface area contributed by atoms with Crippen LogP contribution in [0.4, 0.5) is 13.2 Å². The highest BCUT2D eigenvalue weighted by atomic mass is 32.1. The van der Waals surface area contributed by atoms with Crippen LogP contribution in [0.1, 0.15) is 72.2 Å². The number of nitrogens with one attached hydrogen (secondary N) is 2. The number of rotatable bonds is 15. The lowest BCUT2D eigenvalue weighted by Gasteiger charge is -2.39. The number of thiophene rings is 1. The van der Waals surface area contributed by atoms with E-state index in [9.17, 15) is 37.8 Å². The monoisotopic (exact) mass is 906 g/mol. The zero-order valence-corrected chi connectivity index (χ0v) is 36.6. The lowest BCUT2D eigenvalue weighted by atomic mass is 9.90. The summed E-state index contributed by atoms with van der Waals surface area (Å²) >= 11 is 1.05. The van der Waals surface area contributed by atoms with Crippen LogP contribution in [-0.4, -0.2) is 108 Å². The molecule has 13 nitrogen and oxygen atoms in total. The summed E-state index contributed by atoms with van der Waals surface area (Å²) < 4.78 is 70.0. The Labute approximate surface area is 368 Å². The minimum absolute atomic E-state index is 0.0593. The fourth-order valence-electron chi connectivity index (χ4n) is 8.69. The summed E-state index contributed by atoms with van der Waals surface area (Å²) in [7, 11) is -4.53. The summed E-state index contributed by atoms with van der Waals surface area (Å²) in [5.74, 6) is -5.05. The molecule has 63 heavy (non-hydrogen) atoms. The summed E-state index contributed by atoms with van der Waals surface area (Å²) in [5, 5.41) is 15.7. The summed E-state index contributed by atoms with van der Waals surface area (Å²) in [6.45, 7) is 3.23. The number of esters is 1. The predicted molar refractivity (Wildman–Crippen MR) is 231 cm³/mol. The summed E-state index contributed by atoms with van der Waals surface area (Å²) in [6, 6.07) is 21.9. The molecule has 2 unspecified atom stereocenters. The van der Waals surface area contributed by atoms with Crippen LogP contribution in [0.15, 0.2) is 84.9 Å². The Hall–Kier alpha value is -5.27. The van der Waals surface area contributed by atoms with E-state index in [-0.39, 0.29) is 54.3 Å². The number of nitriles is 1. The van der Waals surface area contributed by atoms with Crippen molar-refractivity contribution < 1.29 is 46.2 Å². The number of halogens is 3. The molecule has 0 spiro atoms. The molecule has 1 aromatic heterocycles. The molecule has 7 rings (SSSR count). The number of benzene rings is 3. The van der Waals surface area contributed by atoms with Crippen molar-refractivity contribution in [2.24, 2.45) is 5.92 Å². The van der Waals surface area contributed by atoms with Crippen molar-refractivity contribution in [2.45, 2.75) is 82.0 Å². The van der Waals surface area contributed by atoms with Gasteiger partial charge < -0.3 is 24.4 Å². The Balaban J connectivity index is 1.11. The van der Waals surface area contributed by atoms with Crippen LogP contribution in [0.25, 0.3) is 10.1 Å². The molecule has 0 saturated carbocycles. The third-order valence-electron chi connectivity index (χ3n) is 11.8. The molecule has 4 aromatic rings. The maximum atomic E-state index is 16.6. The molecule has 8 atom stereocenters. The second kappa shape index (κ2) is 20.1. The van der Waals surface area contributed by atoms with Gasteiger partial charge in [0.25, 0.3) is 12.3 Å². The Morgan fingerprint density at radius 2 is 1.70 bits per heavy atom. The van der Waals surface area contributed by atoms with Crippen LogP contribution in [0.3, 0.4) is 0 Å². The van der Waals surface area contributed by atoms with Crippen molar-refractivity contribution in [3.63, 3.8) is 0 Å². The van der Waals surface area contributed by atoms with Crippen LogP contribution in [-0.2, 0) is 23.7 Å². The van der Waals surface area contributed by atoms with E-state index in [1.165, 1.54) is 47.1 Å². The molecule has 0 radical (unpaired) electrons. The van der Waals surface area contributed by atoms with Crippen molar-refractivity contribution in [2.75, 3.05) is 39.3 Å². The second-order valence-electron chi connectivity index (χ2n) is 16.2. The number of ether oxygens (including phenoxy) is 1. The molecule has 2 N–H and O–H groups in total. The summed E-state index contributed by atoms with van der Waals surface area (Å²) in [5.41, 5.74) is 0.885. The number of alkyl halides is 3. The van der Waals surface area contributed by atoms with Crippen molar-refractivity contribution >= 4 is 52.6 Å². The number of carbonyl (C=O) groups excluding carboxylic acids is 4. The summed E-state index contributed by atoms with van der Waals surface area (Å²) in [6.07, 6.45) is -0.951. The number of amides is 3. The van der Waals surface area contributed by atoms with Gasteiger partial charge in [-0.25, -0.2) is 18.3 Å². The van der Waals surface area contributed by atoms with Crippen molar-refractivity contribution in [3.05, 3.63) is 101 Å². The number of nitrogens with zero attached hydrogens (tertiary/aromatic N) is 4.